The molecule has 0 saturated heterocycles. The van der Waals surface area contributed by atoms with Crippen molar-refractivity contribution < 1.29 is 14.5 Å². The molecule has 0 unspecified atom stereocenters. The molecular formula is C14H9BrClN3O4. The van der Waals surface area contributed by atoms with Gasteiger partial charge in [0, 0.05) is 22.2 Å². The largest absolute Gasteiger partial charge is 0.271 e. The van der Waals surface area contributed by atoms with E-state index >= 15 is 0 Å². The van der Waals surface area contributed by atoms with Crippen molar-refractivity contribution in [2.75, 3.05) is 0 Å². The van der Waals surface area contributed by atoms with Crippen LogP contribution in [0.4, 0.5) is 5.69 Å². The average molecular weight is 399 g/mol. The summed E-state index contributed by atoms with van der Waals surface area (Å²) in [5.74, 6) is -1.29. The molecule has 0 aliphatic rings. The highest BCUT2D eigenvalue weighted by Crippen LogP contribution is 2.21. The molecule has 0 bridgehead atoms. The summed E-state index contributed by atoms with van der Waals surface area (Å²) in [5, 5.41) is 10.8. The maximum Gasteiger partial charge on any atom is 0.271 e. The van der Waals surface area contributed by atoms with E-state index in [9.17, 15) is 19.7 Å². The van der Waals surface area contributed by atoms with E-state index < -0.39 is 16.7 Å². The van der Waals surface area contributed by atoms with Gasteiger partial charge in [0.15, 0.2) is 0 Å². The van der Waals surface area contributed by atoms with Gasteiger partial charge in [0.25, 0.3) is 17.5 Å². The molecule has 0 spiro atoms. The fourth-order valence-electron chi connectivity index (χ4n) is 1.66. The Morgan fingerprint density at radius 2 is 1.65 bits per heavy atom. The van der Waals surface area contributed by atoms with Crippen LogP contribution in [0.15, 0.2) is 46.9 Å². The first-order valence-electron chi connectivity index (χ1n) is 6.18. The van der Waals surface area contributed by atoms with E-state index in [-0.39, 0.29) is 16.3 Å². The predicted molar refractivity (Wildman–Crippen MR) is 87.2 cm³/mol. The molecular weight excluding hydrogens is 390 g/mol. The number of nitrogens with zero attached hydrogens (tertiary/aromatic N) is 1. The van der Waals surface area contributed by atoms with Gasteiger partial charge in [-0.1, -0.05) is 27.5 Å². The summed E-state index contributed by atoms with van der Waals surface area (Å²) in [5.41, 5.74) is 4.31. The summed E-state index contributed by atoms with van der Waals surface area (Å²) >= 11 is 9.09. The number of amides is 2. The summed E-state index contributed by atoms with van der Waals surface area (Å²) in [6.45, 7) is 0. The van der Waals surface area contributed by atoms with Crippen LogP contribution in [0, 0.1) is 10.1 Å². The van der Waals surface area contributed by atoms with Crippen molar-refractivity contribution in [2.45, 2.75) is 0 Å². The number of nitro benzene ring substituents is 1. The number of benzene rings is 2. The van der Waals surface area contributed by atoms with Gasteiger partial charge >= 0.3 is 0 Å². The molecule has 2 rings (SSSR count). The van der Waals surface area contributed by atoms with E-state index in [2.05, 4.69) is 26.8 Å². The van der Waals surface area contributed by atoms with Gasteiger partial charge in [-0.3, -0.25) is 30.6 Å². The third kappa shape index (κ3) is 4.27. The van der Waals surface area contributed by atoms with Crippen molar-refractivity contribution in [1.82, 2.24) is 10.9 Å². The van der Waals surface area contributed by atoms with E-state index in [0.29, 0.717) is 5.56 Å². The van der Waals surface area contributed by atoms with E-state index in [1.807, 2.05) is 0 Å². The van der Waals surface area contributed by atoms with Gasteiger partial charge in [-0.05, 0) is 30.3 Å². The zero-order valence-electron chi connectivity index (χ0n) is 11.4. The van der Waals surface area contributed by atoms with Crippen molar-refractivity contribution >= 4 is 45.0 Å². The molecule has 0 heterocycles. The highest BCUT2D eigenvalue weighted by Gasteiger charge is 2.16. The fraction of sp³-hybridized carbons (Fsp3) is 0. The second-order valence-electron chi connectivity index (χ2n) is 4.34. The number of rotatable bonds is 3. The summed E-state index contributed by atoms with van der Waals surface area (Å²) in [7, 11) is 0. The Hall–Kier alpha value is -2.45. The maximum absolute atomic E-state index is 12.0. The van der Waals surface area contributed by atoms with Crippen LogP contribution >= 0.6 is 27.5 Å². The molecule has 2 amide bonds. The minimum atomic E-state index is -0.760. The van der Waals surface area contributed by atoms with Gasteiger partial charge in [-0.2, -0.15) is 0 Å². The highest BCUT2D eigenvalue weighted by molar-refractivity contribution is 9.10. The van der Waals surface area contributed by atoms with E-state index in [4.69, 9.17) is 11.6 Å². The predicted octanol–water partition coefficient (Wildman–Crippen LogP) is 3.09. The lowest BCUT2D eigenvalue weighted by Crippen LogP contribution is -2.41. The zero-order chi connectivity index (χ0) is 17.0. The number of hydrogen-bond acceptors (Lipinski definition) is 4. The molecule has 2 N–H and O–H groups in total. The van der Waals surface area contributed by atoms with Crippen molar-refractivity contribution in [1.29, 1.82) is 0 Å². The molecule has 0 saturated carbocycles. The second-order valence-corrected chi connectivity index (χ2v) is 5.66. The van der Waals surface area contributed by atoms with Gasteiger partial charge in [-0.25, -0.2) is 0 Å². The van der Waals surface area contributed by atoms with Gasteiger partial charge in [0.2, 0.25) is 0 Å². The Balaban J connectivity index is 2.07. The third-order valence-electron chi connectivity index (χ3n) is 2.80. The van der Waals surface area contributed by atoms with Gasteiger partial charge in [-0.15, -0.1) is 0 Å². The molecule has 2 aromatic rings. The van der Waals surface area contributed by atoms with E-state index in [1.165, 1.54) is 12.1 Å². The number of hydrazine groups is 1. The van der Waals surface area contributed by atoms with Crippen molar-refractivity contribution in [2.24, 2.45) is 0 Å². The molecule has 0 aliphatic heterocycles. The van der Waals surface area contributed by atoms with E-state index in [0.717, 1.165) is 10.5 Å². The Labute approximate surface area is 143 Å². The minimum Gasteiger partial charge on any atom is -0.267 e. The molecule has 0 fully saturated rings. The van der Waals surface area contributed by atoms with Crippen LogP contribution in [0.5, 0.6) is 0 Å². The van der Waals surface area contributed by atoms with Crippen LogP contribution in [-0.4, -0.2) is 16.7 Å². The van der Waals surface area contributed by atoms with Crippen LogP contribution in [0.25, 0.3) is 0 Å². The van der Waals surface area contributed by atoms with Gasteiger partial charge in [0.05, 0.1) is 15.5 Å². The Kier molecular flexibility index (Phi) is 5.30. The number of nitro groups is 1. The van der Waals surface area contributed by atoms with Crippen LogP contribution < -0.4 is 10.9 Å². The normalized spacial score (nSPS) is 10.0. The lowest BCUT2D eigenvalue weighted by atomic mass is 10.2. The molecule has 0 atom stereocenters. The first-order chi connectivity index (χ1) is 10.9. The number of hydrogen-bond donors (Lipinski definition) is 2. The van der Waals surface area contributed by atoms with E-state index in [1.54, 1.807) is 24.3 Å². The summed E-state index contributed by atoms with van der Waals surface area (Å²) < 4.78 is 0.807. The SMILES string of the molecule is O=C(NNC(=O)c1cc([N+](=O)[O-])ccc1Cl)c1ccc(Br)cc1. The van der Waals surface area contributed by atoms with Crippen LogP contribution in [0.3, 0.4) is 0 Å². The van der Waals surface area contributed by atoms with Crippen LogP contribution in [0.2, 0.25) is 5.02 Å². The standard InChI is InChI=1S/C14H9BrClN3O4/c15-9-3-1-8(2-4-9)13(20)17-18-14(21)11-7-10(19(22)23)5-6-12(11)16/h1-7H,(H,17,20)(H,18,21). The van der Waals surface area contributed by atoms with Crippen molar-refractivity contribution in [3.8, 4) is 0 Å². The van der Waals surface area contributed by atoms with Crippen LogP contribution in [-0.2, 0) is 0 Å². The molecule has 0 radical (unpaired) electrons. The quantitative estimate of drug-likeness (QED) is 0.613. The number of carbonyl (C=O) groups excluding carboxylic acids is 2. The number of non-ortho nitro benzene ring substituents is 1. The monoisotopic (exact) mass is 397 g/mol. The number of carbonyl (C=O) groups is 2. The molecule has 23 heavy (non-hydrogen) atoms. The lowest BCUT2D eigenvalue weighted by molar-refractivity contribution is -0.384. The number of halogens is 2. The Morgan fingerprint density at radius 3 is 2.26 bits per heavy atom. The minimum absolute atomic E-state index is 0.0333. The Bertz CT molecular complexity index is 780. The maximum atomic E-state index is 12.0. The molecule has 118 valence electrons. The Morgan fingerprint density at radius 1 is 1.04 bits per heavy atom. The highest BCUT2D eigenvalue weighted by atomic mass is 79.9. The van der Waals surface area contributed by atoms with Crippen molar-refractivity contribution in [3.05, 3.63) is 73.2 Å². The molecule has 9 heteroatoms. The third-order valence-corrected chi connectivity index (χ3v) is 3.66. The first kappa shape index (κ1) is 16.9. The lowest BCUT2D eigenvalue weighted by Gasteiger charge is -2.08. The summed E-state index contributed by atoms with van der Waals surface area (Å²) in [4.78, 5) is 33.9. The molecule has 2 aromatic carbocycles. The average Bonchev–Trinajstić information content (AvgIpc) is 2.53. The fourth-order valence-corrected chi connectivity index (χ4v) is 2.12. The van der Waals surface area contributed by atoms with Crippen LogP contribution in [0.1, 0.15) is 20.7 Å². The molecule has 0 aromatic heterocycles. The number of nitrogens with one attached hydrogen (secondary N) is 2. The summed E-state index contributed by atoms with van der Waals surface area (Å²) in [6.07, 6.45) is 0. The molecule has 7 nitrogen and oxygen atoms in total. The zero-order valence-corrected chi connectivity index (χ0v) is 13.7. The molecule has 0 aliphatic carbocycles. The first-order valence-corrected chi connectivity index (χ1v) is 7.36. The van der Waals surface area contributed by atoms with Gasteiger partial charge < -0.3 is 0 Å². The summed E-state index contributed by atoms with van der Waals surface area (Å²) in [6, 6.07) is 9.92. The van der Waals surface area contributed by atoms with Gasteiger partial charge in [0.1, 0.15) is 0 Å². The smallest absolute Gasteiger partial charge is 0.267 e. The second kappa shape index (κ2) is 7.21. The van der Waals surface area contributed by atoms with Crippen molar-refractivity contribution in [3.63, 3.8) is 0 Å². The topological polar surface area (TPSA) is 101 Å².